The highest BCUT2D eigenvalue weighted by atomic mass is 16.5. The molecule has 0 aliphatic heterocycles. The molecule has 156 valence electrons. The van der Waals surface area contributed by atoms with Gasteiger partial charge >= 0.3 is 5.63 Å². The zero-order valence-electron chi connectivity index (χ0n) is 17.5. The van der Waals surface area contributed by atoms with Crippen molar-refractivity contribution in [1.82, 2.24) is 0 Å². The topological polar surface area (TPSA) is 72.0 Å². The number of hydrogen-bond donors (Lipinski definition) is 1. The van der Waals surface area contributed by atoms with Crippen molar-refractivity contribution >= 4 is 16.7 Å². The van der Waals surface area contributed by atoms with E-state index in [1.165, 1.54) is 0 Å². The van der Waals surface area contributed by atoms with Crippen molar-refractivity contribution in [3.8, 4) is 5.75 Å². The second kappa shape index (κ2) is 8.88. The summed E-state index contributed by atoms with van der Waals surface area (Å²) in [5.41, 5.74) is 4.72. The Morgan fingerprint density at radius 2 is 1.61 bits per heavy atom. The highest BCUT2D eigenvalue weighted by Gasteiger charge is 2.16. The van der Waals surface area contributed by atoms with Crippen molar-refractivity contribution in [2.45, 2.75) is 20.3 Å². The number of nitrogens with zero attached hydrogens (tertiary/aromatic N) is 1. The Bertz CT molecular complexity index is 1290. The van der Waals surface area contributed by atoms with Crippen LogP contribution in [0.1, 0.15) is 27.8 Å². The van der Waals surface area contributed by atoms with Gasteiger partial charge < -0.3 is 14.4 Å². The Morgan fingerprint density at radius 1 is 0.935 bits per heavy atom. The Hall–Kier alpha value is -3.86. The molecule has 0 radical (unpaired) electrons. The third-order valence-corrected chi connectivity index (χ3v) is 5.47. The van der Waals surface area contributed by atoms with Gasteiger partial charge in [-0.2, -0.15) is 0 Å². The largest absolute Gasteiger partial charge is 0.487 e. The van der Waals surface area contributed by atoms with Crippen molar-refractivity contribution in [1.29, 1.82) is 0 Å². The molecule has 4 rings (SSSR count). The van der Waals surface area contributed by atoms with Gasteiger partial charge in [0, 0.05) is 28.5 Å². The van der Waals surface area contributed by atoms with Crippen LogP contribution in [0.5, 0.6) is 5.75 Å². The Labute approximate surface area is 180 Å². The predicted octanol–water partition coefficient (Wildman–Crippen LogP) is 5.26. The molecular formula is C26H23NO4. The summed E-state index contributed by atoms with van der Waals surface area (Å²) in [4.78, 5) is 12.8. The fourth-order valence-corrected chi connectivity index (χ4v) is 3.68. The molecule has 0 aliphatic carbocycles. The van der Waals surface area contributed by atoms with Gasteiger partial charge in [0.15, 0.2) is 0 Å². The smallest absolute Gasteiger partial charge is 0.340 e. The molecule has 5 heteroatoms. The molecule has 0 unspecified atom stereocenters. The van der Waals surface area contributed by atoms with Crippen LogP contribution in [0.3, 0.4) is 0 Å². The van der Waals surface area contributed by atoms with Crippen LogP contribution in [-0.2, 0) is 6.42 Å². The van der Waals surface area contributed by atoms with Gasteiger partial charge in [0.05, 0.1) is 0 Å². The second-order valence-corrected chi connectivity index (χ2v) is 7.42. The number of rotatable bonds is 6. The van der Waals surface area contributed by atoms with Crippen molar-refractivity contribution in [3.63, 3.8) is 0 Å². The fraction of sp³-hybridized carbons (Fsp3) is 0.154. The van der Waals surface area contributed by atoms with E-state index in [4.69, 9.17) is 9.15 Å². The van der Waals surface area contributed by atoms with E-state index in [-0.39, 0.29) is 12.2 Å². The fourth-order valence-electron chi connectivity index (χ4n) is 3.68. The maximum Gasteiger partial charge on any atom is 0.340 e. The Balaban J connectivity index is 1.65. The van der Waals surface area contributed by atoms with Crippen LogP contribution in [0.25, 0.3) is 11.0 Å². The number of fused-ring (bicyclic) bond motifs is 1. The summed E-state index contributed by atoms with van der Waals surface area (Å²) in [6, 6.07) is 23.0. The molecule has 0 fully saturated rings. The monoisotopic (exact) mass is 413 g/mol. The van der Waals surface area contributed by atoms with Crippen LogP contribution in [0.2, 0.25) is 0 Å². The molecule has 1 aromatic heterocycles. The molecule has 3 aromatic carbocycles. The second-order valence-electron chi connectivity index (χ2n) is 7.42. The van der Waals surface area contributed by atoms with E-state index in [0.717, 1.165) is 27.6 Å². The molecule has 0 saturated heterocycles. The standard InChI is InChI=1S/C26H23NO4/c1-17-21-13-14-24(30-16-23(27-29)20-11-7-4-8-12-20)18(2)25(21)31-26(28)22(17)15-19-9-5-3-6-10-19/h3-14,29H,15-16H2,1-2H3. The summed E-state index contributed by atoms with van der Waals surface area (Å²) in [5.74, 6) is 0.572. The lowest BCUT2D eigenvalue weighted by Gasteiger charge is -2.14. The number of hydrogen-bond acceptors (Lipinski definition) is 5. The SMILES string of the molecule is Cc1c(Cc2ccccc2)c(=O)oc2c(C)c(OCC(=NO)c3ccccc3)ccc12. The van der Waals surface area contributed by atoms with E-state index < -0.39 is 0 Å². The third kappa shape index (κ3) is 4.21. The van der Waals surface area contributed by atoms with Crippen LogP contribution in [0.4, 0.5) is 0 Å². The van der Waals surface area contributed by atoms with Crippen LogP contribution in [-0.4, -0.2) is 17.5 Å². The van der Waals surface area contributed by atoms with E-state index in [0.29, 0.717) is 29.0 Å². The molecule has 0 bridgehead atoms. The van der Waals surface area contributed by atoms with Crippen molar-refractivity contribution in [3.05, 3.63) is 111 Å². The summed E-state index contributed by atoms with van der Waals surface area (Å²) >= 11 is 0. The first-order chi connectivity index (χ1) is 15.1. The van der Waals surface area contributed by atoms with Gasteiger partial charge in [-0.3, -0.25) is 0 Å². The Kier molecular flexibility index (Phi) is 5.85. The van der Waals surface area contributed by atoms with Crippen LogP contribution in [0, 0.1) is 13.8 Å². The summed E-state index contributed by atoms with van der Waals surface area (Å²) in [5, 5.41) is 13.6. The predicted molar refractivity (Wildman–Crippen MR) is 121 cm³/mol. The quantitative estimate of drug-likeness (QED) is 0.203. The van der Waals surface area contributed by atoms with Crippen molar-refractivity contribution in [2.24, 2.45) is 5.16 Å². The number of benzene rings is 3. The molecule has 1 N–H and O–H groups in total. The summed E-state index contributed by atoms with van der Waals surface area (Å²) in [6.45, 7) is 3.89. The number of ether oxygens (including phenoxy) is 1. The first kappa shape index (κ1) is 20.4. The molecule has 4 aromatic rings. The number of aryl methyl sites for hydroxylation is 2. The lowest BCUT2D eigenvalue weighted by Crippen LogP contribution is -2.14. The average Bonchev–Trinajstić information content (AvgIpc) is 2.80. The molecule has 0 saturated carbocycles. The summed E-state index contributed by atoms with van der Waals surface area (Å²) in [6.07, 6.45) is 0.523. The summed E-state index contributed by atoms with van der Waals surface area (Å²) < 4.78 is 11.6. The zero-order valence-corrected chi connectivity index (χ0v) is 17.5. The lowest BCUT2D eigenvalue weighted by molar-refractivity contribution is 0.308. The molecule has 0 spiro atoms. The first-order valence-corrected chi connectivity index (χ1v) is 10.1. The highest BCUT2D eigenvalue weighted by Crippen LogP contribution is 2.30. The molecule has 0 atom stereocenters. The molecule has 5 nitrogen and oxygen atoms in total. The van der Waals surface area contributed by atoms with Gasteiger partial charge in [-0.05, 0) is 37.1 Å². The van der Waals surface area contributed by atoms with Crippen molar-refractivity contribution < 1.29 is 14.4 Å². The molecule has 1 heterocycles. The van der Waals surface area contributed by atoms with Gasteiger partial charge in [0.1, 0.15) is 23.7 Å². The van der Waals surface area contributed by atoms with E-state index >= 15 is 0 Å². The normalized spacial score (nSPS) is 11.6. The Morgan fingerprint density at radius 3 is 2.29 bits per heavy atom. The van der Waals surface area contributed by atoms with E-state index in [1.54, 1.807) is 0 Å². The highest BCUT2D eigenvalue weighted by molar-refractivity contribution is 6.01. The minimum atomic E-state index is -0.337. The molecule has 0 amide bonds. The van der Waals surface area contributed by atoms with Crippen LogP contribution < -0.4 is 10.4 Å². The van der Waals surface area contributed by atoms with Gasteiger partial charge in [-0.25, -0.2) is 4.79 Å². The molecule has 31 heavy (non-hydrogen) atoms. The minimum absolute atomic E-state index is 0.0855. The number of oxime groups is 1. The maximum absolute atomic E-state index is 12.8. The van der Waals surface area contributed by atoms with Crippen molar-refractivity contribution in [2.75, 3.05) is 6.61 Å². The molecular weight excluding hydrogens is 390 g/mol. The maximum atomic E-state index is 12.8. The van der Waals surface area contributed by atoms with Gasteiger partial charge in [-0.15, -0.1) is 0 Å². The minimum Gasteiger partial charge on any atom is -0.487 e. The average molecular weight is 413 g/mol. The molecule has 0 aliphatic rings. The van der Waals surface area contributed by atoms with E-state index in [9.17, 15) is 10.0 Å². The summed E-state index contributed by atoms with van der Waals surface area (Å²) in [7, 11) is 0. The van der Waals surface area contributed by atoms with Gasteiger partial charge in [0.25, 0.3) is 0 Å². The van der Waals surface area contributed by atoms with E-state index in [2.05, 4.69) is 5.16 Å². The van der Waals surface area contributed by atoms with Gasteiger partial charge in [-0.1, -0.05) is 65.8 Å². The van der Waals surface area contributed by atoms with Crippen LogP contribution >= 0.6 is 0 Å². The van der Waals surface area contributed by atoms with Crippen LogP contribution in [0.15, 0.2) is 87.2 Å². The first-order valence-electron chi connectivity index (χ1n) is 10.1. The lowest BCUT2D eigenvalue weighted by atomic mass is 9.98. The zero-order chi connectivity index (χ0) is 21.8. The van der Waals surface area contributed by atoms with E-state index in [1.807, 2.05) is 86.6 Å². The third-order valence-electron chi connectivity index (χ3n) is 5.47. The van der Waals surface area contributed by atoms with Gasteiger partial charge in [0.2, 0.25) is 0 Å².